The molecule has 6 atom stereocenters. The molecule has 2 aromatic carbocycles. The molecule has 2 bridgehead atoms. The highest BCUT2D eigenvalue weighted by Gasteiger charge is 2.67. The molecule has 0 N–H and O–H groups in total. The van der Waals surface area contributed by atoms with Gasteiger partial charge in [-0.1, -0.05) is 42.5 Å². The van der Waals surface area contributed by atoms with Crippen LogP contribution in [0.5, 0.6) is 5.75 Å². The molecule has 2 amide bonds. The van der Waals surface area contributed by atoms with Crippen molar-refractivity contribution in [1.29, 1.82) is 0 Å². The van der Waals surface area contributed by atoms with Crippen LogP contribution in [0, 0.1) is 35.5 Å². The minimum absolute atomic E-state index is 0.159. The van der Waals surface area contributed by atoms with Crippen molar-refractivity contribution in [2.75, 3.05) is 4.90 Å². The molecule has 144 valence electrons. The minimum Gasteiger partial charge on any atom is -0.421 e. The van der Waals surface area contributed by atoms with E-state index < -0.39 is 5.97 Å². The Kier molecular flexibility index (Phi) is 3.40. The van der Waals surface area contributed by atoms with Crippen molar-refractivity contribution >= 4 is 23.5 Å². The topological polar surface area (TPSA) is 63.7 Å². The average Bonchev–Trinajstić information content (AvgIpc) is 3.53. The van der Waals surface area contributed by atoms with Crippen molar-refractivity contribution in [2.45, 2.75) is 6.42 Å². The number of esters is 1. The number of hydrogen-bond donors (Lipinski definition) is 0. The lowest BCUT2D eigenvalue weighted by atomic mass is 9.63. The first-order chi connectivity index (χ1) is 14.1. The van der Waals surface area contributed by atoms with Crippen LogP contribution in [0.2, 0.25) is 0 Å². The number of carbonyl (C=O) groups is 3. The van der Waals surface area contributed by atoms with E-state index in [0.717, 1.165) is 6.42 Å². The van der Waals surface area contributed by atoms with E-state index in [1.165, 1.54) is 4.90 Å². The highest BCUT2D eigenvalue weighted by atomic mass is 16.5. The standard InChI is InChI=1S/C24H19NO4/c26-22-20-14-10-11-15(17-12-16(14)17)21(20)23(27)25(22)18-8-4-5-9-19(18)29-24(28)13-6-2-1-3-7-13/h1-11,14-17,20-21H,12H2/t14-,15-,16-,17-,20-,21+/m1/s1. The van der Waals surface area contributed by atoms with E-state index in [9.17, 15) is 14.4 Å². The van der Waals surface area contributed by atoms with Gasteiger partial charge in [0.25, 0.3) is 0 Å². The number of nitrogens with zero attached hydrogens (tertiary/aromatic N) is 1. The number of rotatable bonds is 3. The van der Waals surface area contributed by atoms with Crippen LogP contribution in [0.15, 0.2) is 66.7 Å². The Morgan fingerprint density at radius 1 is 0.828 bits per heavy atom. The van der Waals surface area contributed by atoms with E-state index >= 15 is 0 Å². The van der Waals surface area contributed by atoms with Gasteiger partial charge in [0.1, 0.15) is 0 Å². The lowest BCUT2D eigenvalue weighted by molar-refractivity contribution is -0.124. The van der Waals surface area contributed by atoms with Gasteiger partial charge in [-0.15, -0.1) is 0 Å². The second-order valence-electron chi connectivity index (χ2n) is 8.39. The van der Waals surface area contributed by atoms with Crippen LogP contribution in [0.1, 0.15) is 16.8 Å². The molecule has 29 heavy (non-hydrogen) atoms. The summed E-state index contributed by atoms with van der Waals surface area (Å²) in [5.74, 6) is 0.262. The summed E-state index contributed by atoms with van der Waals surface area (Å²) >= 11 is 0. The smallest absolute Gasteiger partial charge is 0.343 e. The van der Waals surface area contributed by atoms with E-state index in [0.29, 0.717) is 23.1 Å². The van der Waals surface area contributed by atoms with Gasteiger partial charge >= 0.3 is 5.97 Å². The zero-order chi connectivity index (χ0) is 19.7. The lowest BCUT2D eigenvalue weighted by Gasteiger charge is -2.37. The first-order valence-corrected chi connectivity index (χ1v) is 10.1. The zero-order valence-electron chi connectivity index (χ0n) is 15.6. The van der Waals surface area contributed by atoms with Crippen LogP contribution < -0.4 is 9.64 Å². The number of anilines is 1. The van der Waals surface area contributed by atoms with E-state index in [4.69, 9.17) is 4.74 Å². The van der Waals surface area contributed by atoms with Gasteiger partial charge in [0.2, 0.25) is 11.8 Å². The molecule has 7 rings (SSSR count). The molecule has 1 aliphatic heterocycles. The van der Waals surface area contributed by atoms with Gasteiger partial charge in [-0.25, -0.2) is 9.69 Å². The van der Waals surface area contributed by atoms with Gasteiger partial charge in [0.15, 0.2) is 5.75 Å². The van der Waals surface area contributed by atoms with Crippen molar-refractivity contribution < 1.29 is 19.1 Å². The number of allylic oxidation sites excluding steroid dienone is 2. The summed E-state index contributed by atoms with van der Waals surface area (Å²) in [4.78, 5) is 40.5. The monoisotopic (exact) mass is 385 g/mol. The number of benzene rings is 2. The summed E-state index contributed by atoms with van der Waals surface area (Å²) in [5, 5.41) is 0. The Hall–Kier alpha value is -3.21. The van der Waals surface area contributed by atoms with Crippen LogP contribution in [-0.4, -0.2) is 17.8 Å². The number of para-hydroxylation sites is 2. The molecule has 0 spiro atoms. The average molecular weight is 385 g/mol. The fraction of sp³-hybridized carbons (Fsp3) is 0.292. The van der Waals surface area contributed by atoms with Crippen molar-refractivity contribution in [1.82, 2.24) is 0 Å². The first kappa shape index (κ1) is 16.7. The van der Waals surface area contributed by atoms with Crippen molar-refractivity contribution in [3.8, 4) is 5.75 Å². The normalized spacial score (nSPS) is 33.4. The molecule has 5 heteroatoms. The Morgan fingerprint density at radius 3 is 2.07 bits per heavy atom. The van der Waals surface area contributed by atoms with Crippen LogP contribution in [-0.2, 0) is 9.59 Å². The van der Waals surface area contributed by atoms with Gasteiger partial charge in [0, 0.05) is 0 Å². The summed E-state index contributed by atoms with van der Waals surface area (Å²) in [5.41, 5.74) is 0.770. The number of ether oxygens (including phenoxy) is 1. The maximum Gasteiger partial charge on any atom is 0.343 e. The molecule has 1 saturated heterocycles. The van der Waals surface area contributed by atoms with E-state index in [1.807, 2.05) is 6.07 Å². The third kappa shape index (κ3) is 2.30. The molecule has 5 nitrogen and oxygen atoms in total. The maximum absolute atomic E-state index is 13.3. The molecule has 1 heterocycles. The molecule has 4 aliphatic carbocycles. The van der Waals surface area contributed by atoms with E-state index in [-0.39, 0.29) is 41.2 Å². The highest BCUT2D eigenvalue weighted by molar-refractivity contribution is 6.23. The van der Waals surface area contributed by atoms with Gasteiger partial charge in [0.05, 0.1) is 23.1 Å². The van der Waals surface area contributed by atoms with E-state index in [1.54, 1.807) is 48.5 Å². The maximum atomic E-state index is 13.3. The first-order valence-electron chi connectivity index (χ1n) is 10.1. The predicted molar refractivity (Wildman–Crippen MR) is 105 cm³/mol. The fourth-order valence-electron chi connectivity index (χ4n) is 5.66. The van der Waals surface area contributed by atoms with Crippen LogP contribution in [0.3, 0.4) is 0 Å². The summed E-state index contributed by atoms with van der Waals surface area (Å²) in [7, 11) is 0. The SMILES string of the molecule is O=C(Oc1ccccc1N1C(=O)[C@@H]2[C@@H]3C=C[C@H]([C@H]4C[C@H]34)[C@@H]2C1=O)c1ccccc1. The second kappa shape index (κ2) is 5.89. The van der Waals surface area contributed by atoms with Crippen molar-refractivity contribution in [3.63, 3.8) is 0 Å². The number of hydrogen-bond acceptors (Lipinski definition) is 4. The summed E-state index contributed by atoms with van der Waals surface area (Å²) in [6, 6.07) is 15.5. The number of carbonyl (C=O) groups excluding carboxylic acids is 3. The van der Waals surface area contributed by atoms with Crippen molar-refractivity contribution in [2.24, 2.45) is 35.5 Å². The molecular weight excluding hydrogens is 366 g/mol. The Labute approximate surface area is 168 Å². The Balaban J connectivity index is 1.35. The minimum atomic E-state index is -0.516. The van der Waals surface area contributed by atoms with Gasteiger partial charge in [-0.2, -0.15) is 0 Å². The third-order valence-electron chi connectivity index (χ3n) is 6.98. The molecule has 3 fully saturated rings. The summed E-state index contributed by atoms with van der Waals surface area (Å²) in [6.45, 7) is 0. The zero-order valence-corrected chi connectivity index (χ0v) is 15.6. The fourth-order valence-corrected chi connectivity index (χ4v) is 5.66. The lowest BCUT2D eigenvalue weighted by Crippen LogP contribution is -2.40. The Morgan fingerprint density at radius 2 is 1.41 bits per heavy atom. The van der Waals surface area contributed by atoms with E-state index in [2.05, 4.69) is 12.2 Å². The largest absolute Gasteiger partial charge is 0.421 e. The molecule has 0 aromatic heterocycles. The third-order valence-corrected chi connectivity index (χ3v) is 6.98. The Bertz CT molecular complexity index is 1040. The molecule has 5 aliphatic rings. The van der Waals surface area contributed by atoms with Gasteiger partial charge < -0.3 is 4.74 Å². The number of imide groups is 1. The summed E-state index contributed by atoms with van der Waals surface area (Å²) in [6.07, 6.45) is 5.42. The molecular formula is C24H19NO4. The van der Waals surface area contributed by atoms with Crippen molar-refractivity contribution in [3.05, 3.63) is 72.3 Å². The van der Waals surface area contributed by atoms with Crippen LogP contribution >= 0.6 is 0 Å². The molecule has 0 radical (unpaired) electrons. The van der Waals surface area contributed by atoms with Crippen LogP contribution in [0.4, 0.5) is 5.69 Å². The number of amides is 2. The summed E-state index contributed by atoms with van der Waals surface area (Å²) < 4.78 is 5.59. The highest BCUT2D eigenvalue weighted by Crippen LogP contribution is 2.65. The molecule has 2 saturated carbocycles. The van der Waals surface area contributed by atoms with Gasteiger partial charge in [-0.05, 0) is 54.4 Å². The molecule has 2 aromatic rings. The predicted octanol–water partition coefficient (Wildman–Crippen LogP) is 3.46. The van der Waals surface area contributed by atoms with Gasteiger partial charge in [-0.3, -0.25) is 9.59 Å². The quantitative estimate of drug-likeness (QED) is 0.351. The molecule has 0 unspecified atom stereocenters. The second-order valence-corrected chi connectivity index (χ2v) is 8.39. The van der Waals surface area contributed by atoms with Crippen LogP contribution in [0.25, 0.3) is 0 Å².